The minimum atomic E-state index is -0.418. The van der Waals surface area contributed by atoms with Crippen LogP contribution >= 0.6 is 0 Å². The topological polar surface area (TPSA) is 47.6 Å². The van der Waals surface area contributed by atoms with Crippen molar-refractivity contribution < 1.29 is 14.3 Å². The van der Waals surface area contributed by atoms with Gasteiger partial charge in [0.2, 0.25) is 0 Å². The van der Waals surface area contributed by atoms with E-state index in [1.807, 2.05) is 20.8 Å². The molecule has 94 valence electrons. The fourth-order valence-corrected chi connectivity index (χ4v) is 1.97. The van der Waals surface area contributed by atoms with Gasteiger partial charge in [0.15, 0.2) is 0 Å². The molecule has 0 unspecified atom stereocenters. The predicted octanol–water partition coefficient (Wildman–Crippen LogP) is 1.49. The van der Waals surface area contributed by atoms with Crippen molar-refractivity contribution in [3.05, 3.63) is 0 Å². The summed E-state index contributed by atoms with van der Waals surface area (Å²) >= 11 is 0. The maximum absolute atomic E-state index is 11.7. The van der Waals surface area contributed by atoms with Crippen molar-refractivity contribution in [1.29, 1.82) is 0 Å². The average molecular weight is 229 g/mol. The Morgan fingerprint density at radius 2 is 2.19 bits per heavy atom. The average Bonchev–Trinajstić information content (AvgIpc) is 2.63. The Hall–Kier alpha value is -0.610. The van der Waals surface area contributed by atoms with E-state index in [1.54, 1.807) is 7.11 Å². The van der Waals surface area contributed by atoms with Crippen LogP contribution in [0, 0.1) is 0 Å². The van der Waals surface area contributed by atoms with E-state index in [0.29, 0.717) is 6.42 Å². The molecule has 1 saturated heterocycles. The molecule has 0 aliphatic carbocycles. The van der Waals surface area contributed by atoms with Crippen LogP contribution in [0.5, 0.6) is 0 Å². The molecule has 0 aromatic carbocycles. The third-order valence-electron chi connectivity index (χ3n) is 2.64. The molecule has 0 saturated carbocycles. The first-order chi connectivity index (χ1) is 7.42. The van der Waals surface area contributed by atoms with Crippen molar-refractivity contribution in [2.75, 3.05) is 13.7 Å². The Bertz CT molecular complexity index is 229. The van der Waals surface area contributed by atoms with Gasteiger partial charge in [-0.3, -0.25) is 4.79 Å². The third kappa shape index (κ3) is 4.49. The molecule has 0 radical (unpaired) electrons. The number of esters is 1. The highest BCUT2D eigenvalue weighted by molar-refractivity contribution is 5.70. The zero-order valence-electron chi connectivity index (χ0n) is 10.7. The van der Waals surface area contributed by atoms with Crippen molar-refractivity contribution in [3.63, 3.8) is 0 Å². The number of carbonyl (C=O) groups excluding carboxylic acids is 1. The lowest BCUT2D eigenvalue weighted by Gasteiger charge is -2.24. The molecule has 1 heterocycles. The summed E-state index contributed by atoms with van der Waals surface area (Å²) < 4.78 is 10.6. The SMILES string of the molecule is CO[C@@H](CC(=O)OC(C)(C)C)[C@H]1CCCN1. The van der Waals surface area contributed by atoms with Gasteiger partial charge < -0.3 is 14.8 Å². The van der Waals surface area contributed by atoms with E-state index in [2.05, 4.69) is 5.32 Å². The second kappa shape index (κ2) is 5.64. The molecular weight excluding hydrogens is 206 g/mol. The van der Waals surface area contributed by atoms with Gasteiger partial charge >= 0.3 is 5.97 Å². The molecule has 0 bridgehead atoms. The van der Waals surface area contributed by atoms with Gasteiger partial charge in [-0.1, -0.05) is 0 Å². The van der Waals surface area contributed by atoms with E-state index in [1.165, 1.54) is 0 Å². The molecule has 16 heavy (non-hydrogen) atoms. The summed E-state index contributed by atoms with van der Waals surface area (Å²) in [6.45, 7) is 6.64. The number of hydrogen-bond donors (Lipinski definition) is 1. The number of carbonyl (C=O) groups is 1. The Labute approximate surface area is 97.7 Å². The lowest BCUT2D eigenvalue weighted by molar-refractivity contribution is -0.158. The van der Waals surface area contributed by atoms with Crippen LogP contribution < -0.4 is 5.32 Å². The van der Waals surface area contributed by atoms with E-state index in [-0.39, 0.29) is 18.1 Å². The number of rotatable bonds is 4. The summed E-state index contributed by atoms with van der Waals surface area (Å²) in [7, 11) is 1.65. The number of hydrogen-bond acceptors (Lipinski definition) is 4. The largest absolute Gasteiger partial charge is 0.460 e. The Balaban J connectivity index is 2.40. The van der Waals surface area contributed by atoms with Gasteiger partial charge in [0.1, 0.15) is 5.60 Å². The zero-order chi connectivity index (χ0) is 12.2. The molecule has 1 aliphatic heterocycles. The molecule has 0 spiro atoms. The van der Waals surface area contributed by atoms with E-state index in [0.717, 1.165) is 19.4 Å². The molecule has 1 aliphatic rings. The Morgan fingerprint density at radius 3 is 2.62 bits per heavy atom. The molecule has 4 nitrogen and oxygen atoms in total. The minimum absolute atomic E-state index is 0.0719. The zero-order valence-corrected chi connectivity index (χ0v) is 10.7. The van der Waals surface area contributed by atoms with E-state index in [9.17, 15) is 4.79 Å². The van der Waals surface area contributed by atoms with Gasteiger partial charge in [-0.25, -0.2) is 0 Å². The highest BCUT2D eigenvalue weighted by atomic mass is 16.6. The number of nitrogens with one attached hydrogen (secondary N) is 1. The van der Waals surface area contributed by atoms with Gasteiger partial charge in [0.25, 0.3) is 0 Å². The van der Waals surface area contributed by atoms with Crippen LogP contribution in [0.2, 0.25) is 0 Å². The quantitative estimate of drug-likeness (QED) is 0.742. The number of methoxy groups -OCH3 is 1. The second-order valence-corrected chi connectivity index (χ2v) is 5.27. The monoisotopic (exact) mass is 229 g/mol. The summed E-state index contributed by atoms with van der Waals surface area (Å²) in [6, 6.07) is 0.289. The van der Waals surface area contributed by atoms with Crippen LogP contribution in [0.4, 0.5) is 0 Å². The molecule has 1 fully saturated rings. The summed E-state index contributed by atoms with van der Waals surface area (Å²) in [5.74, 6) is -0.187. The standard InChI is InChI=1S/C12H23NO3/c1-12(2,3)16-11(14)8-10(15-4)9-6-5-7-13-9/h9-10,13H,5-8H2,1-4H3/t9-,10+/m1/s1. The molecule has 1 rings (SSSR count). The fourth-order valence-electron chi connectivity index (χ4n) is 1.97. The van der Waals surface area contributed by atoms with Gasteiger partial charge in [0, 0.05) is 13.2 Å². The van der Waals surface area contributed by atoms with Crippen LogP contribution in [0.3, 0.4) is 0 Å². The Morgan fingerprint density at radius 1 is 1.50 bits per heavy atom. The van der Waals surface area contributed by atoms with E-state index in [4.69, 9.17) is 9.47 Å². The molecule has 0 amide bonds. The summed E-state index contributed by atoms with van der Waals surface area (Å²) in [4.78, 5) is 11.7. The molecule has 4 heteroatoms. The van der Waals surface area contributed by atoms with Crippen LogP contribution in [0.1, 0.15) is 40.0 Å². The van der Waals surface area contributed by atoms with Crippen molar-refractivity contribution in [1.82, 2.24) is 5.32 Å². The first kappa shape index (κ1) is 13.5. The van der Waals surface area contributed by atoms with E-state index >= 15 is 0 Å². The highest BCUT2D eigenvalue weighted by Crippen LogP contribution is 2.17. The summed E-state index contributed by atoms with van der Waals surface area (Å²) in [6.07, 6.45) is 2.48. The summed E-state index contributed by atoms with van der Waals surface area (Å²) in [5, 5.41) is 3.34. The molecule has 2 atom stereocenters. The number of ether oxygens (including phenoxy) is 2. The predicted molar refractivity (Wildman–Crippen MR) is 62.3 cm³/mol. The summed E-state index contributed by atoms with van der Waals surface area (Å²) in [5.41, 5.74) is -0.418. The van der Waals surface area contributed by atoms with Crippen LogP contribution in [0.15, 0.2) is 0 Å². The van der Waals surface area contributed by atoms with Gasteiger partial charge in [-0.2, -0.15) is 0 Å². The van der Waals surface area contributed by atoms with E-state index < -0.39 is 5.60 Å². The lowest BCUT2D eigenvalue weighted by Crippen LogP contribution is -2.39. The van der Waals surface area contributed by atoms with Gasteiger partial charge in [-0.15, -0.1) is 0 Å². The first-order valence-corrected chi connectivity index (χ1v) is 5.90. The molecular formula is C12H23NO3. The highest BCUT2D eigenvalue weighted by Gasteiger charge is 2.28. The van der Waals surface area contributed by atoms with Crippen molar-refractivity contribution >= 4 is 5.97 Å². The first-order valence-electron chi connectivity index (χ1n) is 5.90. The van der Waals surface area contributed by atoms with Crippen molar-refractivity contribution in [2.24, 2.45) is 0 Å². The fraction of sp³-hybridized carbons (Fsp3) is 0.917. The van der Waals surface area contributed by atoms with Crippen LogP contribution in [-0.4, -0.2) is 37.4 Å². The third-order valence-corrected chi connectivity index (χ3v) is 2.64. The maximum atomic E-state index is 11.7. The van der Waals surface area contributed by atoms with Gasteiger partial charge in [0.05, 0.1) is 12.5 Å². The second-order valence-electron chi connectivity index (χ2n) is 5.27. The Kier molecular flexibility index (Phi) is 4.74. The molecule has 0 aromatic heterocycles. The normalized spacial score (nSPS) is 23.1. The van der Waals surface area contributed by atoms with Crippen molar-refractivity contribution in [3.8, 4) is 0 Å². The smallest absolute Gasteiger partial charge is 0.309 e. The van der Waals surface area contributed by atoms with Gasteiger partial charge in [-0.05, 0) is 40.2 Å². The molecule has 0 aromatic rings. The lowest BCUT2D eigenvalue weighted by atomic mass is 10.1. The van der Waals surface area contributed by atoms with Crippen molar-refractivity contribution in [2.45, 2.75) is 57.8 Å². The molecule has 1 N–H and O–H groups in total. The maximum Gasteiger partial charge on any atom is 0.309 e. The minimum Gasteiger partial charge on any atom is -0.460 e. The van der Waals surface area contributed by atoms with Crippen LogP contribution in [0.25, 0.3) is 0 Å². The van der Waals surface area contributed by atoms with Crippen LogP contribution in [-0.2, 0) is 14.3 Å².